The first kappa shape index (κ1) is 15.1. The van der Waals surface area contributed by atoms with Gasteiger partial charge in [-0.15, -0.1) is 0 Å². The van der Waals surface area contributed by atoms with Gasteiger partial charge in [-0.2, -0.15) is 5.10 Å². The number of hydrogen-bond donors (Lipinski definition) is 2. The molecule has 0 bridgehead atoms. The molecule has 0 saturated carbocycles. The number of pyridine rings is 1. The van der Waals surface area contributed by atoms with Crippen LogP contribution in [0.5, 0.6) is 5.75 Å². The minimum Gasteiger partial charge on any atom is -0.502 e. The van der Waals surface area contributed by atoms with Crippen molar-refractivity contribution in [1.82, 2.24) is 10.4 Å². The number of hydrogen-bond acceptors (Lipinski definition) is 6. The van der Waals surface area contributed by atoms with Crippen LogP contribution in [0.3, 0.4) is 0 Å². The van der Waals surface area contributed by atoms with E-state index in [0.717, 1.165) is 11.8 Å². The topological polar surface area (TPSA) is 118 Å². The number of hydrazone groups is 1. The van der Waals surface area contributed by atoms with Gasteiger partial charge in [0.1, 0.15) is 0 Å². The fraction of sp³-hybridized carbons (Fsp3) is 0.0714. The molecule has 0 aliphatic carbocycles. The largest absolute Gasteiger partial charge is 0.502 e. The molecule has 0 radical (unpaired) electrons. The van der Waals surface area contributed by atoms with Crippen LogP contribution in [-0.2, 0) is 0 Å². The first-order valence-electron chi connectivity index (χ1n) is 6.21. The van der Waals surface area contributed by atoms with Crippen LogP contribution in [0.2, 0.25) is 0 Å². The van der Waals surface area contributed by atoms with E-state index < -0.39 is 22.3 Å². The maximum Gasteiger partial charge on any atom is 0.310 e. The van der Waals surface area contributed by atoms with Crippen molar-refractivity contribution >= 4 is 17.8 Å². The Morgan fingerprint density at radius 2 is 2.18 bits per heavy atom. The van der Waals surface area contributed by atoms with E-state index in [1.807, 2.05) is 0 Å². The molecule has 0 spiro atoms. The predicted octanol–water partition coefficient (Wildman–Crippen LogP) is 1.77. The van der Waals surface area contributed by atoms with Crippen LogP contribution >= 0.6 is 0 Å². The number of aromatic nitrogens is 1. The molecule has 0 saturated heterocycles. The second-order valence-corrected chi connectivity index (χ2v) is 4.39. The first-order chi connectivity index (χ1) is 10.5. The summed E-state index contributed by atoms with van der Waals surface area (Å²) in [6.07, 6.45) is 2.70. The van der Waals surface area contributed by atoms with Gasteiger partial charge in [0.05, 0.1) is 16.7 Å². The molecule has 1 aromatic carbocycles. The Labute approximate surface area is 125 Å². The van der Waals surface area contributed by atoms with E-state index in [-0.39, 0.29) is 0 Å². The number of phenols is 1. The standard InChI is InChI=1S/C14H12N4O4/c1-9-2-4-11(8-15-9)14(20)17-16-7-10-3-5-12(18(21)22)13(19)6-10/h2-8,19H,1H3,(H,17,20)/b16-7-. The van der Waals surface area contributed by atoms with Crippen molar-refractivity contribution < 1.29 is 14.8 Å². The average molecular weight is 300 g/mol. The number of benzene rings is 1. The number of rotatable bonds is 4. The minimum atomic E-state index is -0.692. The summed E-state index contributed by atoms with van der Waals surface area (Å²) in [5.41, 5.74) is 3.46. The summed E-state index contributed by atoms with van der Waals surface area (Å²) < 4.78 is 0. The number of amides is 1. The quantitative estimate of drug-likeness (QED) is 0.507. The molecule has 0 aliphatic heterocycles. The van der Waals surface area contributed by atoms with Crippen LogP contribution in [0.1, 0.15) is 21.6 Å². The van der Waals surface area contributed by atoms with Gasteiger partial charge >= 0.3 is 5.69 Å². The number of phenolic OH excluding ortho intramolecular Hbond substituents is 1. The van der Waals surface area contributed by atoms with Gasteiger partial charge in [-0.3, -0.25) is 19.9 Å². The number of nitrogens with zero attached hydrogens (tertiary/aromatic N) is 3. The Bertz CT molecular complexity index is 741. The van der Waals surface area contributed by atoms with Crippen molar-refractivity contribution in [3.8, 4) is 5.75 Å². The lowest BCUT2D eigenvalue weighted by molar-refractivity contribution is -0.385. The molecule has 8 heteroatoms. The molecule has 1 amide bonds. The fourth-order valence-electron chi connectivity index (χ4n) is 1.61. The maximum absolute atomic E-state index is 11.8. The highest BCUT2D eigenvalue weighted by molar-refractivity contribution is 5.94. The van der Waals surface area contributed by atoms with E-state index in [1.165, 1.54) is 24.5 Å². The van der Waals surface area contributed by atoms with Crippen LogP contribution in [0, 0.1) is 17.0 Å². The maximum atomic E-state index is 11.8. The van der Waals surface area contributed by atoms with E-state index in [1.54, 1.807) is 19.1 Å². The number of nitrogens with one attached hydrogen (secondary N) is 1. The highest BCUT2D eigenvalue weighted by Gasteiger charge is 2.12. The number of aromatic hydroxyl groups is 1. The number of nitro groups is 1. The molecule has 22 heavy (non-hydrogen) atoms. The van der Waals surface area contributed by atoms with Crippen LogP contribution < -0.4 is 5.43 Å². The molecule has 0 unspecified atom stereocenters. The van der Waals surface area contributed by atoms with Gasteiger partial charge in [0.2, 0.25) is 0 Å². The third-order valence-electron chi connectivity index (χ3n) is 2.75. The highest BCUT2D eigenvalue weighted by atomic mass is 16.6. The lowest BCUT2D eigenvalue weighted by atomic mass is 10.2. The monoisotopic (exact) mass is 300 g/mol. The number of aryl methyl sites for hydroxylation is 1. The average Bonchev–Trinajstić information content (AvgIpc) is 2.47. The SMILES string of the molecule is Cc1ccc(C(=O)N/N=C\c2ccc([N+](=O)[O-])c(O)c2)cn1. The zero-order valence-electron chi connectivity index (χ0n) is 11.6. The molecule has 1 aromatic heterocycles. The van der Waals surface area contributed by atoms with Crippen LogP contribution in [0.4, 0.5) is 5.69 Å². The van der Waals surface area contributed by atoms with E-state index in [0.29, 0.717) is 11.1 Å². The van der Waals surface area contributed by atoms with Gasteiger partial charge in [0, 0.05) is 18.0 Å². The summed E-state index contributed by atoms with van der Waals surface area (Å²) in [6, 6.07) is 7.06. The highest BCUT2D eigenvalue weighted by Crippen LogP contribution is 2.25. The van der Waals surface area contributed by atoms with Gasteiger partial charge in [0.25, 0.3) is 5.91 Å². The lowest BCUT2D eigenvalue weighted by Gasteiger charge is -2.00. The Balaban J connectivity index is 2.03. The number of carbonyl (C=O) groups is 1. The Morgan fingerprint density at radius 3 is 2.77 bits per heavy atom. The Morgan fingerprint density at radius 1 is 1.41 bits per heavy atom. The lowest BCUT2D eigenvalue weighted by Crippen LogP contribution is -2.17. The molecule has 0 fully saturated rings. The summed E-state index contributed by atoms with van der Waals surface area (Å²) in [4.78, 5) is 25.6. The predicted molar refractivity (Wildman–Crippen MR) is 78.8 cm³/mol. The third kappa shape index (κ3) is 3.63. The summed E-state index contributed by atoms with van der Waals surface area (Å²) >= 11 is 0. The normalized spacial score (nSPS) is 10.6. The molecule has 112 valence electrons. The van der Waals surface area contributed by atoms with Crippen LogP contribution in [0.15, 0.2) is 41.6 Å². The van der Waals surface area contributed by atoms with Crippen molar-refractivity contribution in [3.63, 3.8) is 0 Å². The first-order valence-corrected chi connectivity index (χ1v) is 6.21. The summed E-state index contributed by atoms with van der Waals surface area (Å²) in [5.74, 6) is -0.905. The molecule has 8 nitrogen and oxygen atoms in total. The van der Waals surface area contributed by atoms with Gasteiger partial charge < -0.3 is 5.11 Å². The number of nitro benzene ring substituents is 1. The molecule has 0 aliphatic rings. The smallest absolute Gasteiger partial charge is 0.310 e. The van der Waals surface area contributed by atoms with Crippen molar-refractivity contribution in [3.05, 3.63) is 63.5 Å². The zero-order valence-corrected chi connectivity index (χ0v) is 11.6. The van der Waals surface area contributed by atoms with Crippen molar-refractivity contribution in [2.75, 3.05) is 0 Å². The third-order valence-corrected chi connectivity index (χ3v) is 2.75. The number of carbonyl (C=O) groups excluding carboxylic acids is 1. The van der Waals surface area contributed by atoms with Gasteiger partial charge in [-0.1, -0.05) is 0 Å². The Hall–Kier alpha value is -3.29. The van der Waals surface area contributed by atoms with E-state index in [2.05, 4.69) is 15.5 Å². The molecule has 0 atom stereocenters. The molecular weight excluding hydrogens is 288 g/mol. The van der Waals surface area contributed by atoms with Crippen molar-refractivity contribution in [2.24, 2.45) is 5.10 Å². The van der Waals surface area contributed by atoms with Crippen molar-refractivity contribution in [2.45, 2.75) is 6.92 Å². The molecule has 2 rings (SSSR count). The zero-order chi connectivity index (χ0) is 16.1. The van der Waals surface area contributed by atoms with Gasteiger partial charge in [-0.05, 0) is 36.8 Å². The van der Waals surface area contributed by atoms with Crippen LogP contribution in [-0.4, -0.2) is 27.1 Å². The second kappa shape index (κ2) is 6.44. The van der Waals surface area contributed by atoms with E-state index in [4.69, 9.17) is 0 Å². The van der Waals surface area contributed by atoms with Crippen molar-refractivity contribution in [1.29, 1.82) is 0 Å². The fourth-order valence-corrected chi connectivity index (χ4v) is 1.61. The molecule has 2 aromatic rings. The second-order valence-electron chi connectivity index (χ2n) is 4.39. The molecule has 1 heterocycles. The molecular formula is C14H12N4O4. The summed E-state index contributed by atoms with van der Waals surface area (Å²) in [7, 11) is 0. The Kier molecular flexibility index (Phi) is 4.42. The van der Waals surface area contributed by atoms with Gasteiger partial charge in [-0.25, -0.2) is 5.43 Å². The van der Waals surface area contributed by atoms with E-state index in [9.17, 15) is 20.0 Å². The van der Waals surface area contributed by atoms with Gasteiger partial charge in [0.15, 0.2) is 5.75 Å². The van der Waals surface area contributed by atoms with E-state index >= 15 is 0 Å². The molecule has 2 N–H and O–H groups in total. The summed E-state index contributed by atoms with van der Waals surface area (Å²) in [6.45, 7) is 1.81. The minimum absolute atomic E-state index is 0.356. The summed E-state index contributed by atoms with van der Waals surface area (Å²) in [5, 5.41) is 23.8. The van der Waals surface area contributed by atoms with Crippen LogP contribution in [0.25, 0.3) is 0 Å².